The predicted molar refractivity (Wildman–Crippen MR) is 105 cm³/mol. The van der Waals surface area contributed by atoms with Crippen molar-refractivity contribution in [1.82, 2.24) is 4.31 Å². The molecule has 0 saturated carbocycles. The first kappa shape index (κ1) is 19.8. The lowest BCUT2D eigenvalue weighted by Gasteiger charge is -2.28. The number of aryl methyl sites for hydroxylation is 1. The van der Waals surface area contributed by atoms with E-state index in [9.17, 15) is 18.0 Å². The molecule has 0 aliphatic carbocycles. The number of hydrogen-bond acceptors (Lipinski definition) is 5. The number of sulfonamides is 1. The number of para-hydroxylation sites is 2. The number of carbonyl (C=O) groups is 2. The van der Waals surface area contributed by atoms with Crippen molar-refractivity contribution in [1.29, 1.82) is 0 Å². The van der Waals surface area contributed by atoms with Crippen molar-refractivity contribution >= 4 is 33.2 Å². The van der Waals surface area contributed by atoms with Gasteiger partial charge in [-0.15, -0.1) is 0 Å². The van der Waals surface area contributed by atoms with Gasteiger partial charge in [-0.2, -0.15) is 0 Å². The summed E-state index contributed by atoms with van der Waals surface area (Å²) in [4.78, 5) is 26.2. The summed E-state index contributed by atoms with van der Waals surface area (Å²) >= 11 is 0. The number of ether oxygens (including phenoxy) is 1. The summed E-state index contributed by atoms with van der Waals surface area (Å²) in [5.41, 5.74) is 1.61. The fourth-order valence-corrected chi connectivity index (χ4v) is 3.70. The van der Waals surface area contributed by atoms with E-state index in [2.05, 4.69) is 5.32 Å². The van der Waals surface area contributed by atoms with Gasteiger partial charge in [-0.3, -0.25) is 14.5 Å². The van der Waals surface area contributed by atoms with Gasteiger partial charge in [0.15, 0.2) is 6.61 Å². The largest absolute Gasteiger partial charge is 0.482 e. The van der Waals surface area contributed by atoms with E-state index in [4.69, 9.17) is 4.74 Å². The standard InChI is InChI=1S/C19H21N3O5S/c1-13-8-9-14(28(25,26)21(2)3)10-15(13)20-18(23)11-22-16-6-4-5-7-17(16)27-12-19(22)24/h4-10H,11-12H2,1-3H3,(H,20,23). The van der Waals surface area contributed by atoms with Crippen molar-refractivity contribution in [2.45, 2.75) is 11.8 Å². The van der Waals surface area contributed by atoms with E-state index >= 15 is 0 Å². The SMILES string of the molecule is Cc1ccc(S(=O)(=O)N(C)C)cc1NC(=O)CN1C(=O)COc2ccccc21. The lowest BCUT2D eigenvalue weighted by Crippen LogP contribution is -2.43. The second kappa shape index (κ2) is 7.61. The Bertz CT molecular complexity index is 1030. The molecule has 28 heavy (non-hydrogen) atoms. The molecule has 148 valence electrons. The van der Waals surface area contributed by atoms with E-state index in [-0.39, 0.29) is 24.0 Å². The summed E-state index contributed by atoms with van der Waals surface area (Å²) in [6.07, 6.45) is 0. The van der Waals surface area contributed by atoms with Gasteiger partial charge in [0.05, 0.1) is 10.6 Å². The normalized spacial score (nSPS) is 13.9. The molecule has 1 aliphatic heterocycles. The zero-order valence-corrected chi connectivity index (χ0v) is 16.6. The van der Waals surface area contributed by atoms with Crippen LogP contribution in [0.5, 0.6) is 5.75 Å². The summed E-state index contributed by atoms with van der Waals surface area (Å²) in [7, 11) is -0.748. The third-order valence-corrected chi connectivity index (χ3v) is 6.18. The van der Waals surface area contributed by atoms with Crippen molar-refractivity contribution in [2.24, 2.45) is 0 Å². The van der Waals surface area contributed by atoms with Gasteiger partial charge in [0.25, 0.3) is 5.91 Å². The Morgan fingerprint density at radius 3 is 2.64 bits per heavy atom. The number of fused-ring (bicyclic) bond motifs is 1. The predicted octanol–water partition coefficient (Wildman–Crippen LogP) is 1.61. The number of rotatable bonds is 5. The fourth-order valence-electron chi connectivity index (χ4n) is 2.77. The fraction of sp³-hybridized carbons (Fsp3) is 0.263. The van der Waals surface area contributed by atoms with Crippen LogP contribution in [0.1, 0.15) is 5.56 Å². The first-order valence-corrected chi connectivity index (χ1v) is 9.99. The molecule has 0 aromatic heterocycles. The summed E-state index contributed by atoms with van der Waals surface area (Å²) in [6.45, 7) is 1.42. The van der Waals surface area contributed by atoms with Gasteiger partial charge < -0.3 is 10.1 Å². The van der Waals surface area contributed by atoms with E-state index in [0.29, 0.717) is 22.7 Å². The number of nitrogens with one attached hydrogen (secondary N) is 1. The van der Waals surface area contributed by atoms with Crippen molar-refractivity contribution < 1.29 is 22.7 Å². The van der Waals surface area contributed by atoms with Crippen LogP contribution in [0, 0.1) is 6.92 Å². The zero-order chi connectivity index (χ0) is 20.5. The van der Waals surface area contributed by atoms with Gasteiger partial charge in [0, 0.05) is 19.8 Å². The maximum atomic E-state index is 12.6. The molecule has 0 saturated heterocycles. The first-order valence-electron chi connectivity index (χ1n) is 8.55. The van der Waals surface area contributed by atoms with Crippen LogP contribution in [0.25, 0.3) is 0 Å². The molecule has 0 bridgehead atoms. The Kier molecular flexibility index (Phi) is 5.39. The lowest BCUT2D eigenvalue weighted by molar-refractivity contribution is -0.123. The third-order valence-electron chi connectivity index (χ3n) is 4.37. The van der Waals surface area contributed by atoms with Crippen molar-refractivity contribution in [3.8, 4) is 5.75 Å². The molecule has 1 aliphatic rings. The number of hydrogen-bond donors (Lipinski definition) is 1. The highest BCUT2D eigenvalue weighted by molar-refractivity contribution is 7.89. The van der Waals surface area contributed by atoms with E-state index in [0.717, 1.165) is 4.31 Å². The number of anilines is 2. The van der Waals surface area contributed by atoms with Gasteiger partial charge in [-0.1, -0.05) is 18.2 Å². The molecular formula is C19H21N3O5S. The number of nitrogens with zero attached hydrogens (tertiary/aromatic N) is 2. The minimum atomic E-state index is -3.63. The smallest absolute Gasteiger partial charge is 0.265 e. The third kappa shape index (κ3) is 3.85. The van der Waals surface area contributed by atoms with Gasteiger partial charge >= 0.3 is 0 Å². The number of amides is 2. The molecule has 0 fully saturated rings. The molecule has 3 rings (SSSR count). The Labute approximate surface area is 163 Å². The lowest BCUT2D eigenvalue weighted by atomic mass is 10.2. The molecule has 1 heterocycles. The molecule has 0 radical (unpaired) electrons. The molecule has 2 amide bonds. The molecule has 0 unspecified atom stereocenters. The van der Waals surface area contributed by atoms with Gasteiger partial charge in [-0.25, -0.2) is 12.7 Å². The second-order valence-corrected chi connectivity index (χ2v) is 8.70. The Balaban J connectivity index is 1.82. The van der Waals surface area contributed by atoms with E-state index in [1.165, 1.54) is 31.1 Å². The molecule has 0 atom stereocenters. The van der Waals surface area contributed by atoms with Gasteiger partial charge in [0.1, 0.15) is 12.3 Å². The Hall–Kier alpha value is -2.91. The highest BCUT2D eigenvalue weighted by Gasteiger charge is 2.27. The zero-order valence-electron chi connectivity index (χ0n) is 15.8. The van der Waals surface area contributed by atoms with Crippen LogP contribution in [0.15, 0.2) is 47.4 Å². The first-order chi connectivity index (χ1) is 13.2. The minimum Gasteiger partial charge on any atom is -0.482 e. The summed E-state index contributed by atoms with van der Waals surface area (Å²) in [5.74, 6) is -0.229. The highest BCUT2D eigenvalue weighted by Crippen LogP contribution is 2.31. The molecule has 2 aromatic rings. The van der Waals surface area contributed by atoms with Crippen LogP contribution in [0.4, 0.5) is 11.4 Å². The van der Waals surface area contributed by atoms with Crippen LogP contribution in [-0.4, -0.2) is 51.8 Å². The van der Waals surface area contributed by atoms with Crippen molar-refractivity contribution in [2.75, 3.05) is 37.5 Å². The average Bonchev–Trinajstić information content (AvgIpc) is 2.65. The topological polar surface area (TPSA) is 96.0 Å². The van der Waals surface area contributed by atoms with E-state index in [1.54, 1.807) is 37.3 Å². The number of benzene rings is 2. The Morgan fingerprint density at radius 2 is 1.93 bits per heavy atom. The van der Waals surface area contributed by atoms with Crippen LogP contribution in [0.2, 0.25) is 0 Å². The number of carbonyl (C=O) groups excluding carboxylic acids is 2. The van der Waals surface area contributed by atoms with E-state index < -0.39 is 15.9 Å². The maximum absolute atomic E-state index is 12.6. The molecule has 0 spiro atoms. The van der Waals surface area contributed by atoms with Crippen LogP contribution in [0.3, 0.4) is 0 Å². The molecular weight excluding hydrogens is 382 g/mol. The maximum Gasteiger partial charge on any atom is 0.265 e. The van der Waals surface area contributed by atoms with E-state index in [1.807, 2.05) is 0 Å². The summed E-state index contributed by atoms with van der Waals surface area (Å²) in [6, 6.07) is 11.5. The summed E-state index contributed by atoms with van der Waals surface area (Å²) in [5, 5.41) is 2.70. The molecule has 9 heteroatoms. The van der Waals surface area contributed by atoms with Gasteiger partial charge in [-0.05, 0) is 36.8 Å². The van der Waals surface area contributed by atoms with Gasteiger partial charge in [0.2, 0.25) is 15.9 Å². The van der Waals surface area contributed by atoms with Crippen molar-refractivity contribution in [3.63, 3.8) is 0 Å². The molecule has 2 aromatic carbocycles. The molecule has 8 nitrogen and oxygen atoms in total. The minimum absolute atomic E-state index is 0.0752. The Morgan fingerprint density at radius 1 is 1.21 bits per heavy atom. The quantitative estimate of drug-likeness (QED) is 0.818. The van der Waals surface area contributed by atoms with Crippen LogP contribution >= 0.6 is 0 Å². The van der Waals surface area contributed by atoms with Crippen LogP contribution < -0.4 is 15.0 Å². The van der Waals surface area contributed by atoms with Crippen LogP contribution in [-0.2, 0) is 19.6 Å². The van der Waals surface area contributed by atoms with Crippen molar-refractivity contribution in [3.05, 3.63) is 48.0 Å². The monoisotopic (exact) mass is 403 g/mol. The second-order valence-electron chi connectivity index (χ2n) is 6.55. The average molecular weight is 403 g/mol. The summed E-state index contributed by atoms with van der Waals surface area (Å²) < 4.78 is 31.1. The molecule has 1 N–H and O–H groups in total. The highest BCUT2D eigenvalue weighted by atomic mass is 32.2.